The standard InChI is InChI=1S/C15H23NO/c1-12-6-4-7-13(2)15(12)17-11-14-8-5-9-16(3)10-14/h4,6-7,14H,5,8-11H2,1-3H3/t14-/m0/s1. The third kappa shape index (κ3) is 3.22. The number of piperidine rings is 1. The molecule has 1 aromatic carbocycles. The molecule has 17 heavy (non-hydrogen) atoms. The van der Waals surface area contributed by atoms with Crippen molar-refractivity contribution in [2.24, 2.45) is 5.92 Å². The maximum Gasteiger partial charge on any atom is 0.125 e. The van der Waals surface area contributed by atoms with Crippen LogP contribution in [0.15, 0.2) is 18.2 Å². The van der Waals surface area contributed by atoms with Crippen LogP contribution in [0.4, 0.5) is 0 Å². The largest absolute Gasteiger partial charge is 0.493 e. The highest BCUT2D eigenvalue weighted by molar-refractivity contribution is 5.39. The summed E-state index contributed by atoms with van der Waals surface area (Å²) >= 11 is 0. The van der Waals surface area contributed by atoms with Gasteiger partial charge in [0.25, 0.3) is 0 Å². The van der Waals surface area contributed by atoms with E-state index in [9.17, 15) is 0 Å². The summed E-state index contributed by atoms with van der Waals surface area (Å²) in [7, 11) is 2.20. The highest BCUT2D eigenvalue weighted by atomic mass is 16.5. The zero-order valence-corrected chi connectivity index (χ0v) is 11.2. The van der Waals surface area contributed by atoms with Crippen LogP contribution in [0.2, 0.25) is 0 Å². The summed E-state index contributed by atoms with van der Waals surface area (Å²) < 4.78 is 6.03. The number of ether oxygens (including phenoxy) is 1. The Bertz CT molecular complexity index is 355. The van der Waals surface area contributed by atoms with E-state index in [0.29, 0.717) is 5.92 Å². The normalized spacial score (nSPS) is 21.5. The Morgan fingerprint density at radius 3 is 2.65 bits per heavy atom. The fourth-order valence-corrected chi connectivity index (χ4v) is 2.64. The summed E-state index contributed by atoms with van der Waals surface area (Å²) in [6.07, 6.45) is 2.60. The zero-order valence-electron chi connectivity index (χ0n) is 11.2. The van der Waals surface area contributed by atoms with Crippen LogP contribution in [0.3, 0.4) is 0 Å². The molecular weight excluding hydrogens is 210 g/mol. The first-order valence-corrected chi connectivity index (χ1v) is 6.54. The fraction of sp³-hybridized carbons (Fsp3) is 0.600. The number of benzene rings is 1. The first kappa shape index (κ1) is 12.4. The molecule has 2 heteroatoms. The Hall–Kier alpha value is -1.02. The lowest BCUT2D eigenvalue weighted by Crippen LogP contribution is -2.34. The Labute approximate surface area is 105 Å². The Morgan fingerprint density at radius 2 is 2.00 bits per heavy atom. The molecule has 0 radical (unpaired) electrons. The van der Waals surface area contributed by atoms with Gasteiger partial charge < -0.3 is 9.64 Å². The number of likely N-dealkylation sites (tertiary alicyclic amines) is 1. The molecule has 0 unspecified atom stereocenters. The Kier molecular flexibility index (Phi) is 4.06. The van der Waals surface area contributed by atoms with E-state index in [-0.39, 0.29) is 0 Å². The van der Waals surface area contributed by atoms with Gasteiger partial charge in [-0.05, 0) is 51.4 Å². The van der Waals surface area contributed by atoms with E-state index in [1.165, 1.54) is 37.1 Å². The lowest BCUT2D eigenvalue weighted by atomic mass is 9.99. The number of hydrogen-bond donors (Lipinski definition) is 0. The van der Waals surface area contributed by atoms with Crippen molar-refractivity contribution >= 4 is 0 Å². The second-order valence-corrected chi connectivity index (χ2v) is 5.30. The average molecular weight is 233 g/mol. The predicted molar refractivity (Wildman–Crippen MR) is 71.6 cm³/mol. The minimum atomic E-state index is 0.688. The van der Waals surface area contributed by atoms with Gasteiger partial charge >= 0.3 is 0 Å². The summed E-state index contributed by atoms with van der Waals surface area (Å²) in [5.41, 5.74) is 2.49. The quantitative estimate of drug-likeness (QED) is 0.795. The van der Waals surface area contributed by atoms with Gasteiger partial charge in [-0.1, -0.05) is 18.2 Å². The lowest BCUT2D eigenvalue weighted by molar-refractivity contribution is 0.149. The number of aryl methyl sites for hydroxylation is 2. The lowest BCUT2D eigenvalue weighted by Gasteiger charge is -2.29. The van der Waals surface area contributed by atoms with Crippen molar-refractivity contribution in [1.29, 1.82) is 0 Å². The topological polar surface area (TPSA) is 12.5 Å². The molecule has 1 aromatic rings. The maximum atomic E-state index is 6.03. The molecule has 0 amide bonds. The number of nitrogens with zero attached hydrogens (tertiary/aromatic N) is 1. The van der Waals surface area contributed by atoms with Crippen LogP contribution in [0.5, 0.6) is 5.75 Å². The average Bonchev–Trinajstić information content (AvgIpc) is 2.28. The predicted octanol–water partition coefficient (Wildman–Crippen LogP) is 3.02. The highest BCUT2D eigenvalue weighted by Crippen LogP contribution is 2.24. The highest BCUT2D eigenvalue weighted by Gasteiger charge is 2.18. The van der Waals surface area contributed by atoms with Crippen LogP contribution >= 0.6 is 0 Å². The van der Waals surface area contributed by atoms with Gasteiger partial charge in [-0.15, -0.1) is 0 Å². The molecule has 1 heterocycles. The monoisotopic (exact) mass is 233 g/mol. The van der Waals surface area contributed by atoms with Gasteiger partial charge in [-0.3, -0.25) is 0 Å². The third-order valence-electron chi connectivity index (χ3n) is 3.59. The fourth-order valence-electron chi connectivity index (χ4n) is 2.64. The van der Waals surface area contributed by atoms with E-state index >= 15 is 0 Å². The van der Waals surface area contributed by atoms with Gasteiger partial charge in [0.2, 0.25) is 0 Å². The molecule has 2 nitrogen and oxygen atoms in total. The van der Waals surface area contributed by atoms with Crippen molar-refractivity contribution in [2.75, 3.05) is 26.7 Å². The van der Waals surface area contributed by atoms with E-state index in [0.717, 1.165) is 12.4 Å². The number of rotatable bonds is 3. The van der Waals surface area contributed by atoms with Crippen molar-refractivity contribution in [2.45, 2.75) is 26.7 Å². The summed E-state index contributed by atoms with van der Waals surface area (Å²) in [4.78, 5) is 2.40. The second kappa shape index (κ2) is 5.54. The zero-order chi connectivity index (χ0) is 12.3. The van der Waals surface area contributed by atoms with Crippen LogP contribution in [0.25, 0.3) is 0 Å². The molecule has 0 saturated carbocycles. The van der Waals surface area contributed by atoms with Crippen molar-refractivity contribution in [3.8, 4) is 5.75 Å². The van der Waals surface area contributed by atoms with E-state index < -0.39 is 0 Å². The molecule has 1 atom stereocenters. The van der Waals surface area contributed by atoms with Crippen LogP contribution in [-0.2, 0) is 0 Å². The minimum absolute atomic E-state index is 0.688. The van der Waals surface area contributed by atoms with Crippen LogP contribution in [-0.4, -0.2) is 31.6 Å². The summed E-state index contributed by atoms with van der Waals surface area (Å²) in [6, 6.07) is 6.33. The molecular formula is C15H23NO. The van der Waals surface area contributed by atoms with Crippen molar-refractivity contribution in [3.63, 3.8) is 0 Å². The minimum Gasteiger partial charge on any atom is -0.493 e. The molecule has 0 N–H and O–H groups in total. The molecule has 0 spiro atoms. The van der Waals surface area contributed by atoms with Gasteiger partial charge in [0.05, 0.1) is 6.61 Å². The van der Waals surface area contributed by atoms with Crippen molar-refractivity contribution < 1.29 is 4.74 Å². The first-order valence-electron chi connectivity index (χ1n) is 6.54. The third-order valence-corrected chi connectivity index (χ3v) is 3.59. The van der Waals surface area contributed by atoms with E-state index in [2.05, 4.69) is 44.0 Å². The number of hydrogen-bond acceptors (Lipinski definition) is 2. The first-order chi connectivity index (χ1) is 8.16. The van der Waals surface area contributed by atoms with Crippen LogP contribution < -0.4 is 4.74 Å². The van der Waals surface area contributed by atoms with E-state index in [1.54, 1.807) is 0 Å². The van der Waals surface area contributed by atoms with Gasteiger partial charge in [0, 0.05) is 12.5 Å². The Balaban J connectivity index is 1.93. The summed E-state index contributed by atoms with van der Waals surface area (Å²) in [6.45, 7) is 7.51. The Morgan fingerprint density at radius 1 is 1.29 bits per heavy atom. The van der Waals surface area contributed by atoms with Crippen LogP contribution in [0, 0.1) is 19.8 Å². The maximum absolute atomic E-state index is 6.03. The molecule has 1 aliphatic heterocycles. The van der Waals surface area contributed by atoms with Crippen LogP contribution in [0.1, 0.15) is 24.0 Å². The SMILES string of the molecule is Cc1cccc(C)c1OC[C@H]1CCCN(C)C1. The molecule has 0 aliphatic carbocycles. The van der Waals surface area contributed by atoms with Gasteiger partial charge in [-0.25, -0.2) is 0 Å². The van der Waals surface area contributed by atoms with Crippen molar-refractivity contribution in [1.82, 2.24) is 4.90 Å². The smallest absolute Gasteiger partial charge is 0.125 e. The molecule has 1 fully saturated rings. The van der Waals surface area contributed by atoms with E-state index in [1.807, 2.05) is 0 Å². The van der Waals surface area contributed by atoms with Gasteiger partial charge in [0.15, 0.2) is 0 Å². The molecule has 2 rings (SSSR count). The molecule has 0 bridgehead atoms. The summed E-state index contributed by atoms with van der Waals surface area (Å²) in [5.74, 6) is 1.77. The second-order valence-electron chi connectivity index (χ2n) is 5.30. The summed E-state index contributed by atoms with van der Waals surface area (Å²) in [5, 5.41) is 0. The molecule has 1 aliphatic rings. The molecule has 94 valence electrons. The van der Waals surface area contributed by atoms with Gasteiger partial charge in [0.1, 0.15) is 5.75 Å². The molecule has 0 aromatic heterocycles. The molecule has 1 saturated heterocycles. The van der Waals surface area contributed by atoms with Crippen molar-refractivity contribution in [3.05, 3.63) is 29.3 Å². The van der Waals surface area contributed by atoms with E-state index in [4.69, 9.17) is 4.74 Å². The van der Waals surface area contributed by atoms with Gasteiger partial charge in [-0.2, -0.15) is 0 Å². The number of para-hydroxylation sites is 1.